The molecule has 0 saturated carbocycles. The second kappa shape index (κ2) is 6.25. The van der Waals surface area contributed by atoms with Crippen molar-refractivity contribution in [1.29, 1.82) is 0 Å². The number of ether oxygens (including phenoxy) is 1. The zero-order valence-electron chi connectivity index (χ0n) is 9.53. The van der Waals surface area contributed by atoms with Crippen molar-refractivity contribution in [1.82, 2.24) is 4.90 Å². The number of amides is 2. The fourth-order valence-corrected chi connectivity index (χ4v) is 1.65. The molecule has 1 heterocycles. The van der Waals surface area contributed by atoms with E-state index in [9.17, 15) is 14.4 Å². The third-order valence-corrected chi connectivity index (χ3v) is 2.48. The van der Waals surface area contributed by atoms with Crippen molar-refractivity contribution in [3.05, 3.63) is 0 Å². The van der Waals surface area contributed by atoms with Crippen molar-refractivity contribution >= 4 is 17.8 Å². The van der Waals surface area contributed by atoms with Gasteiger partial charge in [0.2, 0.25) is 11.8 Å². The molecular weight excluding hydrogens is 210 g/mol. The third-order valence-electron chi connectivity index (χ3n) is 2.48. The summed E-state index contributed by atoms with van der Waals surface area (Å²) < 4.78 is 4.75. The first-order valence-corrected chi connectivity index (χ1v) is 5.64. The zero-order chi connectivity index (χ0) is 12.0. The molecule has 0 aromatic heterocycles. The van der Waals surface area contributed by atoms with Crippen molar-refractivity contribution < 1.29 is 19.1 Å². The maximum Gasteiger partial charge on any atom is 0.307 e. The first kappa shape index (κ1) is 12.7. The second-order valence-electron chi connectivity index (χ2n) is 3.70. The van der Waals surface area contributed by atoms with Crippen LogP contribution in [0.4, 0.5) is 0 Å². The molecule has 0 bridgehead atoms. The maximum absolute atomic E-state index is 11.5. The van der Waals surface area contributed by atoms with Crippen LogP contribution in [-0.2, 0) is 19.1 Å². The van der Waals surface area contributed by atoms with E-state index in [0.717, 1.165) is 12.8 Å². The van der Waals surface area contributed by atoms with Gasteiger partial charge in [0, 0.05) is 19.4 Å². The normalized spacial score (nSPS) is 17.2. The lowest BCUT2D eigenvalue weighted by Crippen LogP contribution is -2.36. The molecule has 1 fully saturated rings. The molecule has 0 radical (unpaired) electrons. The van der Waals surface area contributed by atoms with Gasteiger partial charge in [-0.05, 0) is 19.8 Å². The van der Waals surface area contributed by atoms with Crippen LogP contribution in [0.3, 0.4) is 0 Å². The Kier molecular flexibility index (Phi) is 4.95. The number of hydrogen-bond donors (Lipinski definition) is 0. The zero-order valence-corrected chi connectivity index (χ0v) is 9.53. The van der Waals surface area contributed by atoms with Crippen molar-refractivity contribution in [3.63, 3.8) is 0 Å². The van der Waals surface area contributed by atoms with Gasteiger partial charge in [-0.3, -0.25) is 19.3 Å². The monoisotopic (exact) mass is 227 g/mol. The molecule has 90 valence electrons. The number of hydrogen-bond acceptors (Lipinski definition) is 4. The molecule has 5 nitrogen and oxygen atoms in total. The van der Waals surface area contributed by atoms with Gasteiger partial charge in [0.05, 0.1) is 13.0 Å². The summed E-state index contributed by atoms with van der Waals surface area (Å²) >= 11 is 0. The molecular formula is C11H17NO4. The molecule has 0 aromatic carbocycles. The highest BCUT2D eigenvalue weighted by atomic mass is 16.5. The van der Waals surface area contributed by atoms with E-state index in [4.69, 9.17) is 4.74 Å². The number of carbonyl (C=O) groups is 3. The molecule has 5 heteroatoms. The van der Waals surface area contributed by atoms with Gasteiger partial charge in [0.15, 0.2) is 0 Å². The van der Waals surface area contributed by atoms with E-state index in [0.29, 0.717) is 19.4 Å². The van der Waals surface area contributed by atoms with Crippen LogP contribution in [0, 0.1) is 0 Å². The molecule has 1 aliphatic heterocycles. The van der Waals surface area contributed by atoms with Gasteiger partial charge < -0.3 is 4.74 Å². The smallest absolute Gasteiger partial charge is 0.307 e. The number of likely N-dealkylation sites (tertiary alicyclic amines) is 1. The van der Waals surface area contributed by atoms with Gasteiger partial charge >= 0.3 is 5.97 Å². The first-order chi connectivity index (χ1) is 7.65. The van der Waals surface area contributed by atoms with E-state index in [2.05, 4.69) is 0 Å². The summed E-state index contributed by atoms with van der Waals surface area (Å²) in [5, 5.41) is 0. The number of esters is 1. The summed E-state index contributed by atoms with van der Waals surface area (Å²) in [7, 11) is 0. The van der Waals surface area contributed by atoms with Crippen molar-refractivity contribution in [2.24, 2.45) is 0 Å². The van der Waals surface area contributed by atoms with Crippen LogP contribution in [-0.4, -0.2) is 35.8 Å². The number of imide groups is 1. The van der Waals surface area contributed by atoms with Gasteiger partial charge in [-0.25, -0.2) is 0 Å². The summed E-state index contributed by atoms with van der Waals surface area (Å²) in [5.41, 5.74) is 0. The Morgan fingerprint density at radius 2 is 1.81 bits per heavy atom. The SMILES string of the molecule is CCOC(=O)CCN1C(=O)CCCCC1=O. The standard InChI is InChI=1S/C11H17NO4/c1-2-16-11(15)7-8-12-9(13)5-3-4-6-10(12)14/h2-8H2,1H3. The van der Waals surface area contributed by atoms with E-state index in [1.807, 2.05) is 0 Å². The molecule has 0 N–H and O–H groups in total. The molecule has 1 aliphatic rings. The largest absolute Gasteiger partial charge is 0.466 e. The molecule has 0 unspecified atom stereocenters. The van der Waals surface area contributed by atoms with Crippen LogP contribution in [0.5, 0.6) is 0 Å². The molecule has 1 rings (SSSR count). The van der Waals surface area contributed by atoms with Crippen LogP contribution in [0.25, 0.3) is 0 Å². The predicted octanol–water partition coefficient (Wildman–Crippen LogP) is 0.869. The number of rotatable bonds is 4. The van der Waals surface area contributed by atoms with E-state index in [1.165, 1.54) is 4.90 Å². The quantitative estimate of drug-likeness (QED) is 0.528. The van der Waals surface area contributed by atoms with Crippen molar-refractivity contribution in [2.45, 2.75) is 39.0 Å². The average molecular weight is 227 g/mol. The maximum atomic E-state index is 11.5. The Hall–Kier alpha value is -1.39. The lowest BCUT2D eigenvalue weighted by molar-refractivity contribution is -0.147. The fraction of sp³-hybridized carbons (Fsp3) is 0.727. The summed E-state index contributed by atoms with van der Waals surface area (Å²) in [5.74, 6) is -0.717. The Bertz CT molecular complexity index is 270. The number of nitrogens with zero attached hydrogens (tertiary/aromatic N) is 1. The Labute approximate surface area is 94.7 Å². The summed E-state index contributed by atoms with van der Waals surface area (Å²) in [6.07, 6.45) is 2.38. The molecule has 0 atom stereocenters. The molecule has 16 heavy (non-hydrogen) atoms. The van der Waals surface area contributed by atoms with Gasteiger partial charge in [-0.15, -0.1) is 0 Å². The minimum absolute atomic E-state index is 0.0886. The Morgan fingerprint density at radius 3 is 2.31 bits per heavy atom. The molecule has 0 spiro atoms. The molecule has 1 saturated heterocycles. The van der Waals surface area contributed by atoms with Crippen LogP contribution < -0.4 is 0 Å². The van der Waals surface area contributed by atoms with Gasteiger partial charge in [0.1, 0.15) is 0 Å². The topological polar surface area (TPSA) is 63.7 Å². The highest BCUT2D eigenvalue weighted by Gasteiger charge is 2.24. The van der Waals surface area contributed by atoms with E-state index in [-0.39, 0.29) is 30.7 Å². The van der Waals surface area contributed by atoms with Gasteiger partial charge in [0.25, 0.3) is 0 Å². The first-order valence-electron chi connectivity index (χ1n) is 5.64. The van der Waals surface area contributed by atoms with Crippen LogP contribution in [0.15, 0.2) is 0 Å². The predicted molar refractivity (Wildman–Crippen MR) is 56.4 cm³/mol. The minimum Gasteiger partial charge on any atom is -0.466 e. The lowest BCUT2D eigenvalue weighted by atomic mass is 10.2. The summed E-state index contributed by atoms with van der Waals surface area (Å²) in [6.45, 7) is 2.19. The highest BCUT2D eigenvalue weighted by Crippen LogP contribution is 2.12. The van der Waals surface area contributed by atoms with Crippen LogP contribution >= 0.6 is 0 Å². The molecule has 2 amide bonds. The average Bonchev–Trinajstić information content (AvgIpc) is 2.39. The molecule has 0 aromatic rings. The molecule has 0 aliphatic carbocycles. The minimum atomic E-state index is -0.368. The van der Waals surface area contributed by atoms with Crippen LogP contribution in [0.1, 0.15) is 39.0 Å². The second-order valence-corrected chi connectivity index (χ2v) is 3.70. The van der Waals surface area contributed by atoms with Crippen LogP contribution in [0.2, 0.25) is 0 Å². The third kappa shape index (κ3) is 3.64. The summed E-state index contributed by atoms with van der Waals surface area (Å²) in [4.78, 5) is 35.4. The summed E-state index contributed by atoms with van der Waals surface area (Å²) in [6, 6.07) is 0. The fourth-order valence-electron chi connectivity index (χ4n) is 1.65. The highest BCUT2D eigenvalue weighted by molar-refractivity contribution is 5.96. The van der Waals surface area contributed by atoms with Crippen molar-refractivity contribution in [3.8, 4) is 0 Å². The van der Waals surface area contributed by atoms with Crippen molar-refractivity contribution in [2.75, 3.05) is 13.2 Å². The lowest BCUT2D eigenvalue weighted by Gasteiger charge is -2.17. The van der Waals surface area contributed by atoms with Gasteiger partial charge in [-0.2, -0.15) is 0 Å². The van der Waals surface area contributed by atoms with E-state index in [1.54, 1.807) is 6.92 Å². The number of carbonyl (C=O) groups excluding carboxylic acids is 3. The van der Waals surface area contributed by atoms with Gasteiger partial charge in [-0.1, -0.05) is 0 Å². The van der Waals surface area contributed by atoms with E-state index < -0.39 is 0 Å². The van der Waals surface area contributed by atoms with E-state index >= 15 is 0 Å². The Morgan fingerprint density at radius 1 is 1.25 bits per heavy atom. The Balaban J connectivity index is 2.46.